The first-order valence-corrected chi connectivity index (χ1v) is 7.67. The number of carbonyl (C=O) groups is 1. The van der Waals surface area contributed by atoms with Gasteiger partial charge < -0.3 is 9.32 Å². The minimum atomic E-state index is 0.248. The molecule has 0 aromatic carbocycles. The Morgan fingerprint density at radius 2 is 1.85 bits per heavy atom. The molecule has 1 amide bonds. The predicted octanol–water partition coefficient (Wildman–Crippen LogP) is 2.81. The molecular formula is C16H26N2O2. The van der Waals surface area contributed by atoms with E-state index in [1.807, 2.05) is 35.9 Å². The monoisotopic (exact) mass is 278 g/mol. The Balaban J connectivity index is 1.79. The highest BCUT2D eigenvalue weighted by Crippen LogP contribution is 2.12. The fourth-order valence-electron chi connectivity index (χ4n) is 2.72. The highest BCUT2D eigenvalue weighted by molar-refractivity contribution is 5.78. The number of carbonyl (C=O) groups excluding carboxylic acids is 1. The van der Waals surface area contributed by atoms with Gasteiger partial charge in [0, 0.05) is 13.1 Å². The molecule has 0 N–H and O–H groups in total. The van der Waals surface area contributed by atoms with E-state index in [1.54, 1.807) is 0 Å². The van der Waals surface area contributed by atoms with Crippen LogP contribution >= 0.6 is 0 Å². The number of furan rings is 1. The predicted molar refractivity (Wildman–Crippen MR) is 79.4 cm³/mol. The number of amides is 1. The molecule has 1 aromatic heterocycles. The first kappa shape index (κ1) is 15.1. The van der Waals surface area contributed by atoms with E-state index < -0.39 is 0 Å². The molecule has 2 rings (SSSR count). The van der Waals surface area contributed by atoms with Gasteiger partial charge in [-0.2, -0.15) is 0 Å². The van der Waals surface area contributed by atoms with Crippen LogP contribution in [0.5, 0.6) is 0 Å². The van der Waals surface area contributed by atoms with Crippen LogP contribution in [-0.4, -0.2) is 42.4 Å². The SMILES string of the molecule is Cc1ccc(CN(C)CC(=O)N2CCCCCCC2)o1. The standard InChI is InChI=1S/C16H26N2O2/c1-14-8-9-15(20-14)12-17(2)13-16(19)18-10-6-4-3-5-7-11-18/h8-9H,3-7,10-13H2,1-2H3. The van der Waals surface area contributed by atoms with E-state index in [0.717, 1.165) is 37.5 Å². The van der Waals surface area contributed by atoms with Gasteiger partial charge in [0.25, 0.3) is 0 Å². The Labute approximate surface area is 121 Å². The summed E-state index contributed by atoms with van der Waals surface area (Å²) in [6.45, 7) is 4.95. The van der Waals surface area contributed by atoms with Crippen molar-refractivity contribution in [2.24, 2.45) is 0 Å². The van der Waals surface area contributed by atoms with Crippen LogP contribution in [0.3, 0.4) is 0 Å². The molecule has 1 aromatic rings. The van der Waals surface area contributed by atoms with Gasteiger partial charge in [0.1, 0.15) is 11.5 Å². The Morgan fingerprint density at radius 1 is 1.20 bits per heavy atom. The van der Waals surface area contributed by atoms with Crippen molar-refractivity contribution >= 4 is 5.91 Å². The minimum Gasteiger partial charge on any atom is -0.465 e. The lowest BCUT2D eigenvalue weighted by atomic mass is 10.1. The lowest BCUT2D eigenvalue weighted by Gasteiger charge is -2.26. The molecule has 0 unspecified atom stereocenters. The largest absolute Gasteiger partial charge is 0.465 e. The van der Waals surface area contributed by atoms with Gasteiger partial charge in [-0.25, -0.2) is 0 Å². The van der Waals surface area contributed by atoms with E-state index in [9.17, 15) is 4.79 Å². The zero-order valence-corrected chi connectivity index (χ0v) is 12.7. The topological polar surface area (TPSA) is 36.7 Å². The second kappa shape index (κ2) is 7.48. The molecule has 4 heteroatoms. The van der Waals surface area contributed by atoms with Crippen molar-refractivity contribution in [3.05, 3.63) is 23.7 Å². The van der Waals surface area contributed by atoms with Crippen LogP contribution in [-0.2, 0) is 11.3 Å². The maximum absolute atomic E-state index is 12.3. The van der Waals surface area contributed by atoms with Crippen molar-refractivity contribution in [1.29, 1.82) is 0 Å². The van der Waals surface area contributed by atoms with Gasteiger partial charge >= 0.3 is 0 Å². The summed E-state index contributed by atoms with van der Waals surface area (Å²) < 4.78 is 5.55. The maximum atomic E-state index is 12.3. The summed E-state index contributed by atoms with van der Waals surface area (Å²) in [5, 5.41) is 0. The van der Waals surface area contributed by atoms with Crippen molar-refractivity contribution in [3.8, 4) is 0 Å². The smallest absolute Gasteiger partial charge is 0.236 e. The van der Waals surface area contributed by atoms with Crippen LogP contribution in [0, 0.1) is 6.92 Å². The first-order chi connectivity index (χ1) is 9.65. The van der Waals surface area contributed by atoms with Crippen LogP contribution in [0.1, 0.15) is 43.6 Å². The first-order valence-electron chi connectivity index (χ1n) is 7.67. The fraction of sp³-hybridized carbons (Fsp3) is 0.688. The third-order valence-electron chi connectivity index (χ3n) is 3.84. The number of aryl methyl sites for hydroxylation is 1. The van der Waals surface area contributed by atoms with E-state index >= 15 is 0 Å². The molecule has 0 bridgehead atoms. The molecule has 1 aliphatic rings. The lowest BCUT2D eigenvalue weighted by Crippen LogP contribution is -2.40. The zero-order chi connectivity index (χ0) is 14.4. The van der Waals surface area contributed by atoms with Crippen molar-refractivity contribution in [2.75, 3.05) is 26.7 Å². The van der Waals surface area contributed by atoms with Gasteiger partial charge in [-0.05, 0) is 38.9 Å². The highest BCUT2D eigenvalue weighted by Gasteiger charge is 2.17. The Hall–Kier alpha value is -1.29. The van der Waals surface area contributed by atoms with Crippen molar-refractivity contribution in [2.45, 2.75) is 45.6 Å². The molecule has 1 fully saturated rings. The molecule has 0 radical (unpaired) electrons. The van der Waals surface area contributed by atoms with Gasteiger partial charge in [0.05, 0.1) is 13.1 Å². The van der Waals surface area contributed by atoms with E-state index in [1.165, 1.54) is 19.3 Å². The second-order valence-corrected chi connectivity index (χ2v) is 5.83. The van der Waals surface area contributed by atoms with Gasteiger partial charge in [0.15, 0.2) is 0 Å². The molecule has 1 saturated heterocycles. The van der Waals surface area contributed by atoms with Crippen LogP contribution in [0.4, 0.5) is 0 Å². The summed E-state index contributed by atoms with van der Waals surface area (Å²) in [5.41, 5.74) is 0. The average molecular weight is 278 g/mol. The molecule has 0 spiro atoms. The van der Waals surface area contributed by atoms with Crippen LogP contribution < -0.4 is 0 Å². The third kappa shape index (κ3) is 4.67. The van der Waals surface area contributed by atoms with Crippen LogP contribution in [0.15, 0.2) is 16.5 Å². The molecular weight excluding hydrogens is 252 g/mol. The fourth-order valence-corrected chi connectivity index (χ4v) is 2.72. The number of likely N-dealkylation sites (tertiary alicyclic amines) is 1. The van der Waals surface area contributed by atoms with E-state index in [2.05, 4.69) is 0 Å². The summed E-state index contributed by atoms with van der Waals surface area (Å²) >= 11 is 0. The highest BCUT2D eigenvalue weighted by atomic mass is 16.3. The minimum absolute atomic E-state index is 0.248. The van der Waals surface area contributed by atoms with E-state index in [0.29, 0.717) is 13.1 Å². The van der Waals surface area contributed by atoms with Crippen molar-refractivity contribution in [3.63, 3.8) is 0 Å². The number of nitrogens with zero attached hydrogens (tertiary/aromatic N) is 2. The lowest BCUT2D eigenvalue weighted by molar-refractivity contribution is -0.132. The zero-order valence-electron chi connectivity index (χ0n) is 12.7. The van der Waals surface area contributed by atoms with Crippen molar-refractivity contribution in [1.82, 2.24) is 9.80 Å². The second-order valence-electron chi connectivity index (χ2n) is 5.83. The Morgan fingerprint density at radius 3 is 2.45 bits per heavy atom. The molecule has 0 aliphatic carbocycles. The molecule has 1 aliphatic heterocycles. The summed E-state index contributed by atoms with van der Waals surface area (Å²) in [7, 11) is 1.97. The quantitative estimate of drug-likeness (QED) is 0.850. The van der Waals surface area contributed by atoms with E-state index in [-0.39, 0.29) is 5.91 Å². The molecule has 4 nitrogen and oxygen atoms in total. The Bertz CT molecular complexity index is 420. The van der Waals surface area contributed by atoms with Gasteiger partial charge in [-0.15, -0.1) is 0 Å². The summed E-state index contributed by atoms with van der Waals surface area (Å²) in [6, 6.07) is 3.94. The summed E-state index contributed by atoms with van der Waals surface area (Å²) in [4.78, 5) is 16.4. The summed E-state index contributed by atoms with van der Waals surface area (Å²) in [6.07, 6.45) is 6.12. The normalized spacial score (nSPS) is 17.1. The summed E-state index contributed by atoms with van der Waals surface area (Å²) in [5.74, 6) is 2.09. The van der Waals surface area contributed by atoms with Crippen LogP contribution in [0.2, 0.25) is 0 Å². The number of rotatable bonds is 4. The number of hydrogen-bond acceptors (Lipinski definition) is 3. The number of likely N-dealkylation sites (N-methyl/N-ethyl adjacent to an activating group) is 1. The Kier molecular flexibility index (Phi) is 5.65. The molecule has 2 heterocycles. The van der Waals surface area contributed by atoms with Gasteiger partial charge in [-0.1, -0.05) is 19.3 Å². The average Bonchev–Trinajstić information content (AvgIpc) is 2.73. The molecule has 112 valence electrons. The molecule has 0 saturated carbocycles. The maximum Gasteiger partial charge on any atom is 0.236 e. The van der Waals surface area contributed by atoms with Crippen molar-refractivity contribution < 1.29 is 9.21 Å². The van der Waals surface area contributed by atoms with Gasteiger partial charge in [0.2, 0.25) is 5.91 Å². The van der Waals surface area contributed by atoms with E-state index in [4.69, 9.17) is 4.42 Å². The van der Waals surface area contributed by atoms with Crippen LogP contribution in [0.25, 0.3) is 0 Å². The number of hydrogen-bond donors (Lipinski definition) is 0. The third-order valence-corrected chi connectivity index (χ3v) is 3.84. The van der Waals surface area contributed by atoms with Gasteiger partial charge in [-0.3, -0.25) is 9.69 Å². The molecule has 0 atom stereocenters. The molecule has 20 heavy (non-hydrogen) atoms.